The van der Waals surface area contributed by atoms with Crippen molar-refractivity contribution in [3.8, 4) is 11.1 Å². The molecular weight excluding hydrogens is 234 g/mol. The summed E-state index contributed by atoms with van der Waals surface area (Å²) < 4.78 is 1.95. The lowest BCUT2D eigenvalue weighted by Crippen LogP contribution is -2.17. The molecule has 3 rings (SSSR count). The number of benzene rings is 1. The summed E-state index contributed by atoms with van der Waals surface area (Å²) in [5.74, 6) is 0. The van der Waals surface area contributed by atoms with Gasteiger partial charge in [0.15, 0.2) is 0 Å². The molecule has 0 spiro atoms. The zero-order valence-electron chi connectivity index (χ0n) is 11.9. The van der Waals surface area contributed by atoms with E-state index in [1.165, 1.54) is 34.4 Å². The van der Waals surface area contributed by atoms with Crippen molar-refractivity contribution in [1.82, 2.24) is 9.78 Å². The zero-order valence-corrected chi connectivity index (χ0v) is 11.9. The number of rotatable bonds is 1. The molecule has 0 amide bonds. The van der Waals surface area contributed by atoms with Crippen LogP contribution in [-0.2, 0) is 13.5 Å². The SMILES string of the molecule is Cc1nn(C)c(C)c1-c1ccc2c(c1)C(N)CCC2. The molecule has 100 valence electrons. The van der Waals surface area contributed by atoms with E-state index in [1.54, 1.807) is 0 Å². The van der Waals surface area contributed by atoms with Gasteiger partial charge in [-0.15, -0.1) is 0 Å². The number of aromatic nitrogens is 2. The molecule has 3 nitrogen and oxygen atoms in total. The van der Waals surface area contributed by atoms with Crippen molar-refractivity contribution in [1.29, 1.82) is 0 Å². The second kappa shape index (κ2) is 4.49. The molecule has 1 aromatic carbocycles. The number of hydrogen-bond donors (Lipinski definition) is 1. The van der Waals surface area contributed by atoms with Gasteiger partial charge >= 0.3 is 0 Å². The number of nitrogens with zero attached hydrogens (tertiary/aromatic N) is 2. The minimum atomic E-state index is 0.195. The molecule has 1 aliphatic carbocycles. The van der Waals surface area contributed by atoms with E-state index in [2.05, 4.69) is 37.1 Å². The van der Waals surface area contributed by atoms with Gasteiger partial charge in [0.2, 0.25) is 0 Å². The average Bonchev–Trinajstić information content (AvgIpc) is 2.64. The lowest BCUT2D eigenvalue weighted by atomic mass is 9.86. The third-order valence-corrected chi connectivity index (χ3v) is 4.30. The maximum atomic E-state index is 6.25. The molecular formula is C16H21N3. The minimum Gasteiger partial charge on any atom is -0.324 e. The van der Waals surface area contributed by atoms with Crippen LogP contribution >= 0.6 is 0 Å². The lowest BCUT2D eigenvalue weighted by molar-refractivity contribution is 0.571. The summed E-state index contributed by atoms with van der Waals surface area (Å²) in [6.45, 7) is 4.19. The van der Waals surface area contributed by atoms with Gasteiger partial charge in [-0.05, 0) is 55.9 Å². The van der Waals surface area contributed by atoms with Crippen molar-refractivity contribution in [2.45, 2.75) is 39.2 Å². The molecule has 0 aliphatic heterocycles. The van der Waals surface area contributed by atoms with Crippen molar-refractivity contribution < 1.29 is 0 Å². The van der Waals surface area contributed by atoms with Gasteiger partial charge in [-0.1, -0.05) is 12.1 Å². The van der Waals surface area contributed by atoms with Crippen LogP contribution in [0.25, 0.3) is 11.1 Å². The minimum absolute atomic E-state index is 0.195. The van der Waals surface area contributed by atoms with Gasteiger partial charge in [0.25, 0.3) is 0 Å². The van der Waals surface area contributed by atoms with Crippen LogP contribution < -0.4 is 5.73 Å². The van der Waals surface area contributed by atoms with Crippen molar-refractivity contribution in [3.05, 3.63) is 40.7 Å². The van der Waals surface area contributed by atoms with Crippen LogP contribution in [0.15, 0.2) is 18.2 Å². The molecule has 0 bridgehead atoms. The van der Waals surface area contributed by atoms with Crippen molar-refractivity contribution in [2.24, 2.45) is 12.8 Å². The zero-order chi connectivity index (χ0) is 13.6. The van der Waals surface area contributed by atoms with E-state index >= 15 is 0 Å². The van der Waals surface area contributed by atoms with Gasteiger partial charge in [-0.2, -0.15) is 5.10 Å². The molecule has 3 heteroatoms. The predicted octanol–water partition coefficient (Wildman–Crippen LogP) is 3.04. The largest absolute Gasteiger partial charge is 0.324 e. The van der Waals surface area contributed by atoms with E-state index < -0.39 is 0 Å². The standard InChI is InChI=1S/C16H21N3/c1-10-16(11(2)19(3)18-10)13-8-7-12-5-4-6-15(17)14(12)9-13/h7-9,15H,4-6,17H2,1-3H3. The summed E-state index contributed by atoms with van der Waals surface area (Å²) in [6, 6.07) is 6.93. The van der Waals surface area contributed by atoms with Gasteiger partial charge in [-0.25, -0.2) is 0 Å². The second-order valence-corrected chi connectivity index (χ2v) is 5.58. The van der Waals surface area contributed by atoms with Crippen molar-refractivity contribution >= 4 is 0 Å². The highest BCUT2D eigenvalue weighted by Gasteiger charge is 2.19. The predicted molar refractivity (Wildman–Crippen MR) is 78.0 cm³/mol. The van der Waals surface area contributed by atoms with E-state index in [0.29, 0.717) is 0 Å². The normalized spacial score (nSPS) is 18.4. The number of fused-ring (bicyclic) bond motifs is 1. The quantitative estimate of drug-likeness (QED) is 0.851. The molecule has 0 saturated carbocycles. The summed E-state index contributed by atoms with van der Waals surface area (Å²) in [7, 11) is 2.00. The highest BCUT2D eigenvalue weighted by Crippen LogP contribution is 2.33. The fourth-order valence-corrected chi connectivity index (χ4v) is 3.18. The van der Waals surface area contributed by atoms with E-state index in [9.17, 15) is 0 Å². The Hall–Kier alpha value is -1.61. The maximum absolute atomic E-state index is 6.25. The van der Waals surface area contributed by atoms with E-state index in [0.717, 1.165) is 18.5 Å². The monoisotopic (exact) mass is 255 g/mol. The third kappa shape index (κ3) is 1.98. The summed E-state index contributed by atoms with van der Waals surface area (Å²) in [6.07, 6.45) is 3.47. The van der Waals surface area contributed by atoms with Crippen LogP contribution in [0.5, 0.6) is 0 Å². The molecule has 1 unspecified atom stereocenters. The van der Waals surface area contributed by atoms with Crippen LogP contribution in [0.4, 0.5) is 0 Å². The second-order valence-electron chi connectivity index (χ2n) is 5.58. The Morgan fingerprint density at radius 1 is 1.32 bits per heavy atom. The summed E-state index contributed by atoms with van der Waals surface area (Å²) in [4.78, 5) is 0. The highest BCUT2D eigenvalue weighted by atomic mass is 15.3. The molecule has 19 heavy (non-hydrogen) atoms. The van der Waals surface area contributed by atoms with Crippen LogP contribution in [-0.4, -0.2) is 9.78 Å². The highest BCUT2D eigenvalue weighted by molar-refractivity contribution is 5.70. The van der Waals surface area contributed by atoms with Crippen molar-refractivity contribution in [3.63, 3.8) is 0 Å². The molecule has 1 aliphatic rings. The van der Waals surface area contributed by atoms with Gasteiger partial charge in [0, 0.05) is 24.3 Å². The molecule has 0 fully saturated rings. The number of nitrogens with two attached hydrogens (primary N) is 1. The molecule has 0 radical (unpaired) electrons. The van der Waals surface area contributed by atoms with Crippen LogP contribution in [0.2, 0.25) is 0 Å². The Labute approximate surface area is 114 Å². The van der Waals surface area contributed by atoms with Crippen molar-refractivity contribution in [2.75, 3.05) is 0 Å². The smallest absolute Gasteiger partial charge is 0.0674 e. The van der Waals surface area contributed by atoms with E-state index in [4.69, 9.17) is 5.73 Å². The average molecular weight is 255 g/mol. The fraction of sp³-hybridized carbons (Fsp3) is 0.438. The number of aryl methyl sites for hydroxylation is 3. The Morgan fingerprint density at radius 2 is 2.11 bits per heavy atom. The Bertz CT molecular complexity index is 625. The van der Waals surface area contributed by atoms with Gasteiger partial charge in [-0.3, -0.25) is 4.68 Å². The first kappa shape index (κ1) is 12.4. The first-order valence-corrected chi connectivity index (χ1v) is 6.97. The van der Waals surface area contributed by atoms with Gasteiger partial charge in [0.1, 0.15) is 0 Å². The summed E-state index contributed by atoms with van der Waals surface area (Å²) in [5, 5.41) is 4.50. The Balaban J connectivity index is 2.14. The van der Waals surface area contributed by atoms with Crippen LogP contribution in [0.1, 0.15) is 41.4 Å². The van der Waals surface area contributed by atoms with Gasteiger partial charge in [0.05, 0.1) is 5.69 Å². The number of hydrogen-bond acceptors (Lipinski definition) is 2. The van der Waals surface area contributed by atoms with Gasteiger partial charge < -0.3 is 5.73 Å². The Kier molecular flexibility index (Phi) is 2.94. The molecule has 1 heterocycles. The molecule has 2 aromatic rings. The molecule has 1 atom stereocenters. The maximum Gasteiger partial charge on any atom is 0.0674 e. The molecule has 1 aromatic heterocycles. The summed E-state index contributed by atoms with van der Waals surface area (Å²) in [5.41, 5.74) is 13.8. The fourth-order valence-electron chi connectivity index (χ4n) is 3.18. The molecule has 0 saturated heterocycles. The first-order chi connectivity index (χ1) is 9.08. The van der Waals surface area contributed by atoms with Crippen LogP contribution in [0, 0.1) is 13.8 Å². The summed E-state index contributed by atoms with van der Waals surface area (Å²) >= 11 is 0. The molecule has 2 N–H and O–H groups in total. The lowest BCUT2D eigenvalue weighted by Gasteiger charge is -2.23. The van der Waals surface area contributed by atoms with E-state index in [-0.39, 0.29) is 6.04 Å². The van der Waals surface area contributed by atoms with Crippen LogP contribution in [0.3, 0.4) is 0 Å². The third-order valence-electron chi connectivity index (χ3n) is 4.30. The van der Waals surface area contributed by atoms with E-state index in [1.807, 2.05) is 11.7 Å². The Morgan fingerprint density at radius 3 is 2.79 bits per heavy atom. The topological polar surface area (TPSA) is 43.8 Å². The first-order valence-electron chi connectivity index (χ1n) is 6.97.